The summed E-state index contributed by atoms with van der Waals surface area (Å²) < 4.78 is 5.33. The van der Waals surface area contributed by atoms with Crippen molar-refractivity contribution in [1.82, 2.24) is 0 Å². The van der Waals surface area contributed by atoms with Crippen molar-refractivity contribution >= 4 is 6.08 Å². The Hall–Kier alpha value is -1.28. The van der Waals surface area contributed by atoms with Gasteiger partial charge in [0.2, 0.25) is 0 Å². The van der Waals surface area contributed by atoms with Crippen LogP contribution in [0, 0.1) is 12.8 Å². The van der Waals surface area contributed by atoms with Crippen LogP contribution in [-0.4, -0.2) is 18.8 Å². The molecule has 1 aromatic rings. The van der Waals surface area contributed by atoms with Gasteiger partial charge in [-0.15, -0.1) is 0 Å². The topological polar surface area (TPSA) is 29.5 Å². The van der Waals surface area contributed by atoms with E-state index in [2.05, 4.69) is 38.1 Å². The minimum Gasteiger partial charge on any atom is -0.496 e. The number of aryl methyl sites for hydroxylation is 1. The van der Waals surface area contributed by atoms with Gasteiger partial charge < -0.3 is 9.84 Å². The van der Waals surface area contributed by atoms with E-state index < -0.39 is 0 Å². The van der Waals surface area contributed by atoms with Crippen LogP contribution < -0.4 is 4.74 Å². The molecule has 0 saturated carbocycles. The van der Waals surface area contributed by atoms with Crippen molar-refractivity contribution in [3.05, 3.63) is 35.4 Å². The van der Waals surface area contributed by atoms with Gasteiger partial charge in [-0.1, -0.05) is 30.7 Å². The Morgan fingerprint density at radius 2 is 2.17 bits per heavy atom. The van der Waals surface area contributed by atoms with Gasteiger partial charge in [0.1, 0.15) is 5.75 Å². The Bertz CT molecular complexity index is 383. The summed E-state index contributed by atoms with van der Waals surface area (Å²) in [5.74, 6) is 1.33. The van der Waals surface area contributed by atoms with Gasteiger partial charge in [0.25, 0.3) is 0 Å². The van der Waals surface area contributed by atoms with Crippen molar-refractivity contribution in [1.29, 1.82) is 0 Å². The predicted molar refractivity (Wildman–Crippen MR) is 76.9 cm³/mol. The lowest BCUT2D eigenvalue weighted by Crippen LogP contribution is -1.99. The molecule has 0 fully saturated rings. The molecule has 0 bridgehead atoms. The van der Waals surface area contributed by atoms with Crippen molar-refractivity contribution in [3.8, 4) is 5.75 Å². The van der Waals surface area contributed by atoms with Gasteiger partial charge in [-0.2, -0.15) is 0 Å². The summed E-state index contributed by atoms with van der Waals surface area (Å²) >= 11 is 0. The zero-order chi connectivity index (χ0) is 13.4. The first-order valence-electron chi connectivity index (χ1n) is 6.59. The van der Waals surface area contributed by atoms with Gasteiger partial charge in [-0.3, -0.25) is 0 Å². The molecule has 0 aliphatic carbocycles. The number of allylic oxidation sites excluding steroid dienone is 1. The number of unbranched alkanes of at least 4 members (excludes halogenated alkanes) is 1. The quantitative estimate of drug-likeness (QED) is 0.743. The lowest BCUT2D eigenvalue weighted by atomic mass is 10.0. The Morgan fingerprint density at radius 3 is 2.83 bits per heavy atom. The number of aliphatic hydroxyl groups is 1. The van der Waals surface area contributed by atoms with Crippen LogP contribution in [0.4, 0.5) is 0 Å². The van der Waals surface area contributed by atoms with Crippen molar-refractivity contribution in [2.24, 2.45) is 5.92 Å². The van der Waals surface area contributed by atoms with E-state index in [4.69, 9.17) is 9.84 Å². The highest BCUT2D eigenvalue weighted by molar-refractivity contribution is 5.58. The third-order valence-electron chi connectivity index (χ3n) is 3.06. The average molecular weight is 248 g/mol. The molecule has 0 spiro atoms. The lowest BCUT2D eigenvalue weighted by Gasteiger charge is -2.06. The van der Waals surface area contributed by atoms with Gasteiger partial charge >= 0.3 is 0 Å². The standard InChI is InChI=1S/C16H24O2/c1-13-9-10-16(18-3)15(11-13)8-6-4-5-7-14(2)12-17/h6,8-11,14,17H,4-5,7,12H2,1-3H3/b8-6+/t14-/m1/s1. The Balaban J connectivity index is 2.48. The second kappa shape index (κ2) is 7.93. The van der Waals surface area contributed by atoms with E-state index >= 15 is 0 Å². The molecule has 0 unspecified atom stereocenters. The number of hydrogen-bond donors (Lipinski definition) is 1. The molecule has 0 saturated heterocycles. The molecule has 2 nitrogen and oxygen atoms in total. The molecule has 2 heteroatoms. The van der Waals surface area contributed by atoms with Crippen molar-refractivity contribution in [2.75, 3.05) is 13.7 Å². The summed E-state index contributed by atoms with van der Waals surface area (Å²) in [5.41, 5.74) is 2.37. The van der Waals surface area contributed by atoms with Crippen LogP contribution >= 0.6 is 0 Å². The van der Waals surface area contributed by atoms with Crippen LogP contribution in [0.25, 0.3) is 6.08 Å². The second-order valence-electron chi connectivity index (χ2n) is 4.87. The van der Waals surface area contributed by atoms with E-state index in [1.165, 1.54) is 5.56 Å². The van der Waals surface area contributed by atoms with Crippen LogP contribution in [-0.2, 0) is 0 Å². The van der Waals surface area contributed by atoms with Gasteiger partial charge in [-0.05, 0) is 44.2 Å². The molecule has 0 radical (unpaired) electrons. The first kappa shape index (κ1) is 14.8. The highest BCUT2D eigenvalue weighted by Gasteiger charge is 2.00. The van der Waals surface area contributed by atoms with Gasteiger partial charge in [0.15, 0.2) is 0 Å². The number of methoxy groups -OCH3 is 1. The van der Waals surface area contributed by atoms with Crippen LogP contribution in [0.5, 0.6) is 5.75 Å². The number of aliphatic hydroxyl groups excluding tert-OH is 1. The highest BCUT2D eigenvalue weighted by Crippen LogP contribution is 2.21. The van der Waals surface area contributed by atoms with Gasteiger partial charge in [-0.25, -0.2) is 0 Å². The molecular formula is C16H24O2. The molecular weight excluding hydrogens is 224 g/mol. The zero-order valence-corrected chi connectivity index (χ0v) is 11.6. The summed E-state index contributed by atoms with van der Waals surface area (Å²) in [6, 6.07) is 6.19. The summed E-state index contributed by atoms with van der Waals surface area (Å²) in [6.45, 7) is 4.45. The highest BCUT2D eigenvalue weighted by atomic mass is 16.5. The molecule has 1 aromatic carbocycles. The van der Waals surface area contributed by atoms with Crippen LogP contribution in [0.2, 0.25) is 0 Å². The molecule has 0 heterocycles. The number of ether oxygens (including phenoxy) is 1. The third-order valence-corrected chi connectivity index (χ3v) is 3.06. The second-order valence-corrected chi connectivity index (χ2v) is 4.87. The van der Waals surface area contributed by atoms with E-state index in [0.29, 0.717) is 5.92 Å². The minimum atomic E-state index is 0.287. The maximum Gasteiger partial charge on any atom is 0.126 e. The SMILES string of the molecule is COc1ccc(C)cc1/C=C/CCC[C@@H](C)CO. The maximum atomic E-state index is 8.93. The fraction of sp³-hybridized carbons (Fsp3) is 0.500. The number of rotatable bonds is 7. The molecule has 0 aliphatic rings. The average Bonchev–Trinajstić information content (AvgIpc) is 2.38. The lowest BCUT2D eigenvalue weighted by molar-refractivity contribution is 0.228. The van der Waals surface area contributed by atoms with E-state index in [1.54, 1.807) is 7.11 Å². The number of hydrogen-bond acceptors (Lipinski definition) is 2. The van der Waals surface area contributed by atoms with Crippen molar-refractivity contribution < 1.29 is 9.84 Å². The molecule has 18 heavy (non-hydrogen) atoms. The Labute approximate surface area is 110 Å². The van der Waals surface area contributed by atoms with Crippen LogP contribution in [0.1, 0.15) is 37.3 Å². The summed E-state index contributed by atoms with van der Waals surface area (Å²) in [6.07, 6.45) is 7.54. The maximum absolute atomic E-state index is 8.93. The zero-order valence-electron chi connectivity index (χ0n) is 11.6. The van der Waals surface area contributed by atoms with E-state index in [0.717, 1.165) is 30.6 Å². The van der Waals surface area contributed by atoms with Crippen LogP contribution in [0.15, 0.2) is 24.3 Å². The fourth-order valence-electron chi connectivity index (χ4n) is 1.87. The monoisotopic (exact) mass is 248 g/mol. The first-order valence-corrected chi connectivity index (χ1v) is 6.59. The Kier molecular flexibility index (Phi) is 6.51. The minimum absolute atomic E-state index is 0.287. The predicted octanol–water partition coefficient (Wildman–Crippen LogP) is 3.82. The summed E-state index contributed by atoms with van der Waals surface area (Å²) in [7, 11) is 1.70. The fourth-order valence-corrected chi connectivity index (χ4v) is 1.87. The van der Waals surface area contributed by atoms with Crippen LogP contribution in [0.3, 0.4) is 0 Å². The summed E-state index contributed by atoms with van der Waals surface area (Å²) in [5, 5.41) is 8.93. The molecule has 1 atom stereocenters. The summed E-state index contributed by atoms with van der Waals surface area (Å²) in [4.78, 5) is 0. The normalized spacial score (nSPS) is 12.9. The van der Waals surface area contributed by atoms with Crippen molar-refractivity contribution in [2.45, 2.75) is 33.1 Å². The van der Waals surface area contributed by atoms with Crippen molar-refractivity contribution in [3.63, 3.8) is 0 Å². The van der Waals surface area contributed by atoms with E-state index in [1.807, 2.05) is 6.07 Å². The third kappa shape index (κ3) is 4.92. The molecule has 1 N–H and O–H groups in total. The smallest absolute Gasteiger partial charge is 0.126 e. The molecule has 0 aromatic heterocycles. The Morgan fingerprint density at radius 1 is 1.39 bits per heavy atom. The molecule has 0 aliphatic heterocycles. The first-order chi connectivity index (χ1) is 8.67. The van der Waals surface area contributed by atoms with Gasteiger partial charge in [0, 0.05) is 12.2 Å². The van der Waals surface area contributed by atoms with E-state index in [9.17, 15) is 0 Å². The number of benzene rings is 1. The largest absolute Gasteiger partial charge is 0.496 e. The molecule has 1 rings (SSSR count). The van der Waals surface area contributed by atoms with E-state index in [-0.39, 0.29) is 6.61 Å². The van der Waals surface area contributed by atoms with Gasteiger partial charge in [0.05, 0.1) is 7.11 Å². The molecule has 100 valence electrons. The molecule has 0 amide bonds.